The maximum atomic E-state index is 13.3. The molecule has 0 atom stereocenters. The van der Waals surface area contributed by atoms with Crippen LogP contribution in [0.2, 0.25) is 0 Å². The van der Waals surface area contributed by atoms with Gasteiger partial charge in [0, 0.05) is 17.8 Å². The molecule has 5 aromatic rings. The van der Waals surface area contributed by atoms with Gasteiger partial charge < -0.3 is 24.5 Å². The maximum absolute atomic E-state index is 13.3. The first-order valence-electron chi connectivity index (χ1n) is 15.1. The highest BCUT2D eigenvalue weighted by Gasteiger charge is 2.17. The summed E-state index contributed by atoms with van der Waals surface area (Å²) in [7, 11) is 1.58. The van der Waals surface area contributed by atoms with Gasteiger partial charge in [-0.25, -0.2) is 4.79 Å². The first-order valence-corrected chi connectivity index (χ1v) is 15.1. The molecule has 5 rings (SSSR count). The number of nitrogens with zero attached hydrogens (tertiary/aromatic N) is 1. The molecular weight excluding hydrogens is 592 g/mol. The number of amides is 2. The van der Waals surface area contributed by atoms with Gasteiger partial charge >= 0.3 is 5.97 Å². The van der Waals surface area contributed by atoms with E-state index in [1.165, 1.54) is 10.5 Å². The van der Waals surface area contributed by atoms with Crippen molar-refractivity contribution in [3.05, 3.63) is 161 Å². The molecule has 0 saturated carbocycles. The molecule has 0 aromatic heterocycles. The molecule has 0 heterocycles. The second-order valence-corrected chi connectivity index (χ2v) is 10.9. The molecule has 0 fully saturated rings. The second kappa shape index (κ2) is 15.8. The highest BCUT2D eigenvalue weighted by molar-refractivity contribution is 5.97. The number of hydrogen-bond acceptors (Lipinski definition) is 6. The Kier molecular flexibility index (Phi) is 10.9. The van der Waals surface area contributed by atoms with Crippen molar-refractivity contribution in [2.24, 2.45) is 0 Å². The number of carbonyl (C=O) groups excluding carboxylic acids is 4. The van der Waals surface area contributed by atoms with Gasteiger partial charge in [-0.05, 0) is 89.3 Å². The van der Waals surface area contributed by atoms with Crippen molar-refractivity contribution >= 4 is 29.8 Å². The number of aldehydes is 1. The van der Waals surface area contributed by atoms with Crippen LogP contribution in [-0.2, 0) is 29.0 Å². The van der Waals surface area contributed by atoms with E-state index >= 15 is 0 Å². The summed E-state index contributed by atoms with van der Waals surface area (Å²) < 4.78 is 10.7. The van der Waals surface area contributed by atoms with Gasteiger partial charge in [-0.1, -0.05) is 66.7 Å². The van der Waals surface area contributed by atoms with E-state index in [-0.39, 0.29) is 31.3 Å². The monoisotopic (exact) mass is 626 g/mol. The Bertz CT molecular complexity index is 1800. The van der Waals surface area contributed by atoms with Gasteiger partial charge in [0.2, 0.25) is 5.91 Å². The molecule has 2 amide bonds. The van der Waals surface area contributed by atoms with Gasteiger partial charge in [-0.2, -0.15) is 0 Å². The SMILES string of the molecule is COc1ccc(CC(=O)Nc2ccc(C(=O)N(CC=O)Cc3ccc(OC(=O)c4ccc(Cc5ccccc5)cc4)cc3)cc2)cc1. The number of anilines is 1. The first-order chi connectivity index (χ1) is 22.9. The number of hydrogen-bond donors (Lipinski definition) is 1. The maximum Gasteiger partial charge on any atom is 0.343 e. The van der Waals surface area contributed by atoms with Crippen LogP contribution in [0.5, 0.6) is 11.5 Å². The van der Waals surface area contributed by atoms with Crippen LogP contribution in [0.4, 0.5) is 5.69 Å². The van der Waals surface area contributed by atoms with E-state index in [2.05, 4.69) is 17.4 Å². The molecule has 47 heavy (non-hydrogen) atoms. The molecule has 8 nitrogen and oxygen atoms in total. The van der Waals surface area contributed by atoms with Crippen LogP contribution >= 0.6 is 0 Å². The van der Waals surface area contributed by atoms with Crippen molar-refractivity contribution in [1.82, 2.24) is 4.90 Å². The summed E-state index contributed by atoms with van der Waals surface area (Å²) in [6, 6.07) is 38.0. The normalized spacial score (nSPS) is 10.5. The van der Waals surface area contributed by atoms with Crippen LogP contribution in [0, 0.1) is 0 Å². The molecule has 0 aliphatic heterocycles. The summed E-state index contributed by atoms with van der Waals surface area (Å²) in [5.41, 5.74) is 5.25. The average Bonchev–Trinajstić information content (AvgIpc) is 3.10. The zero-order valence-corrected chi connectivity index (χ0v) is 25.9. The Balaban J connectivity index is 1.14. The summed E-state index contributed by atoms with van der Waals surface area (Å²) in [5.74, 6) is 0.0854. The second-order valence-electron chi connectivity index (χ2n) is 10.9. The van der Waals surface area contributed by atoms with Crippen LogP contribution < -0.4 is 14.8 Å². The van der Waals surface area contributed by atoms with Crippen molar-refractivity contribution in [2.75, 3.05) is 19.0 Å². The first kappa shape index (κ1) is 32.4. The van der Waals surface area contributed by atoms with Crippen LogP contribution in [0.1, 0.15) is 43.0 Å². The van der Waals surface area contributed by atoms with Crippen LogP contribution in [0.3, 0.4) is 0 Å². The predicted molar refractivity (Wildman–Crippen MR) is 180 cm³/mol. The molecule has 5 aromatic carbocycles. The van der Waals surface area contributed by atoms with Crippen LogP contribution in [-0.4, -0.2) is 42.6 Å². The van der Waals surface area contributed by atoms with Gasteiger partial charge in [-0.15, -0.1) is 0 Å². The fraction of sp³-hybridized carbons (Fsp3) is 0.128. The van der Waals surface area contributed by atoms with Crippen LogP contribution in [0.25, 0.3) is 0 Å². The standard InChI is InChI=1S/C39H34N2O6/c1-46-35-19-9-30(10-20-35)26-37(43)40-34-17-15-32(16-18-34)38(44)41(23-24-42)27-31-11-21-36(22-12-31)47-39(45)33-13-7-29(8-14-33)25-28-5-3-2-4-6-28/h2-22,24H,23,25-27H2,1H3,(H,40,43). The Morgan fingerprint density at radius 2 is 1.23 bits per heavy atom. The number of benzene rings is 5. The van der Waals surface area contributed by atoms with E-state index < -0.39 is 5.97 Å². The van der Waals surface area contributed by atoms with Crippen LogP contribution in [0.15, 0.2) is 127 Å². The molecule has 0 unspecified atom stereocenters. The summed E-state index contributed by atoms with van der Waals surface area (Å²) in [4.78, 5) is 51.3. The molecule has 0 aliphatic rings. The smallest absolute Gasteiger partial charge is 0.343 e. The molecule has 0 aliphatic carbocycles. The molecule has 236 valence electrons. The highest BCUT2D eigenvalue weighted by Crippen LogP contribution is 2.19. The van der Waals surface area contributed by atoms with E-state index in [0.29, 0.717) is 34.6 Å². The number of carbonyl (C=O) groups is 4. The van der Waals surface area contributed by atoms with E-state index in [1.54, 1.807) is 79.9 Å². The summed E-state index contributed by atoms with van der Waals surface area (Å²) in [5, 5.41) is 2.83. The van der Waals surface area contributed by atoms with E-state index in [0.717, 1.165) is 23.1 Å². The summed E-state index contributed by atoms with van der Waals surface area (Å²) in [6.07, 6.45) is 1.64. The van der Waals surface area contributed by atoms with Crippen molar-refractivity contribution in [2.45, 2.75) is 19.4 Å². The van der Waals surface area contributed by atoms with Gasteiger partial charge in [-0.3, -0.25) is 9.59 Å². The zero-order valence-electron chi connectivity index (χ0n) is 25.9. The van der Waals surface area contributed by atoms with Crippen molar-refractivity contribution in [1.29, 1.82) is 0 Å². The minimum absolute atomic E-state index is 0.101. The quantitative estimate of drug-likeness (QED) is 0.0906. The third-order valence-corrected chi connectivity index (χ3v) is 7.47. The molecule has 0 radical (unpaired) electrons. The van der Waals surface area contributed by atoms with E-state index in [1.807, 2.05) is 42.5 Å². The lowest BCUT2D eigenvalue weighted by Gasteiger charge is -2.21. The summed E-state index contributed by atoms with van der Waals surface area (Å²) in [6.45, 7) is 0.0746. The minimum Gasteiger partial charge on any atom is -0.497 e. The number of methoxy groups -OCH3 is 1. The molecule has 0 spiro atoms. The van der Waals surface area contributed by atoms with Gasteiger partial charge in [0.1, 0.15) is 17.8 Å². The van der Waals surface area contributed by atoms with Gasteiger partial charge in [0.15, 0.2) is 0 Å². The largest absolute Gasteiger partial charge is 0.497 e. The lowest BCUT2D eigenvalue weighted by molar-refractivity contribution is -0.115. The lowest BCUT2D eigenvalue weighted by atomic mass is 10.0. The van der Waals surface area contributed by atoms with E-state index in [9.17, 15) is 19.2 Å². The Labute approximate surface area is 273 Å². The van der Waals surface area contributed by atoms with Crippen molar-refractivity contribution in [3.63, 3.8) is 0 Å². The predicted octanol–water partition coefficient (Wildman–Crippen LogP) is 6.53. The zero-order chi connectivity index (χ0) is 33.0. The Morgan fingerprint density at radius 3 is 1.87 bits per heavy atom. The Morgan fingerprint density at radius 1 is 0.660 bits per heavy atom. The number of nitrogens with one attached hydrogen (secondary N) is 1. The summed E-state index contributed by atoms with van der Waals surface area (Å²) >= 11 is 0. The molecule has 8 heteroatoms. The average molecular weight is 627 g/mol. The van der Waals surface area contributed by atoms with Crippen molar-refractivity contribution < 1.29 is 28.7 Å². The number of ether oxygens (including phenoxy) is 2. The molecule has 0 saturated heterocycles. The van der Waals surface area contributed by atoms with Gasteiger partial charge in [0.05, 0.1) is 25.6 Å². The third-order valence-electron chi connectivity index (χ3n) is 7.47. The van der Waals surface area contributed by atoms with Gasteiger partial charge in [0.25, 0.3) is 5.91 Å². The fourth-order valence-corrected chi connectivity index (χ4v) is 4.96. The lowest BCUT2D eigenvalue weighted by Crippen LogP contribution is -2.32. The third kappa shape index (κ3) is 9.25. The highest BCUT2D eigenvalue weighted by atomic mass is 16.5. The fourth-order valence-electron chi connectivity index (χ4n) is 4.96. The molecule has 0 bridgehead atoms. The topological polar surface area (TPSA) is 102 Å². The minimum atomic E-state index is -0.470. The van der Waals surface area contributed by atoms with E-state index in [4.69, 9.17) is 9.47 Å². The number of esters is 1. The molecule has 1 N–H and O–H groups in total. The Hall–Kier alpha value is -6.02. The van der Waals surface area contributed by atoms with Crippen molar-refractivity contribution in [3.8, 4) is 11.5 Å². The number of rotatable bonds is 13. The molecular formula is C39H34N2O6.